The van der Waals surface area contributed by atoms with E-state index in [-0.39, 0.29) is 71.0 Å². The zero-order valence-electron chi connectivity index (χ0n) is 33.1. The van der Waals surface area contributed by atoms with Crippen molar-refractivity contribution in [2.45, 2.75) is 35.2 Å². The molecule has 0 radical (unpaired) electrons. The number of carbonyl (C=O) groups is 2. The SMILES string of the molecule is O=C1[C@@H]2[C@H]3C[C@@H]([C@@H]2C(=O)[C@@H]2[C@H]4C[C@@H]([C@H]12)[C@H]1[C@@H]4[C@@]2(c4ccccc4)O[C@]1(c1ccccc1)c1ccccc12)[C@H]1[C@@H]3[C@@]2(c3ccccc3)O[C@]1(c1ccccc1)c1ccccc12. The Hall–Kier alpha value is -5.42. The van der Waals surface area contributed by atoms with E-state index in [1.807, 2.05) is 0 Å². The summed E-state index contributed by atoms with van der Waals surface area (Å²) in [5.74, 6) is 0.187. The van der Waals surface area contributed by atoms with Crippen LogP contribution in [0.15, 0.2) is 170 Å². The van der Waals surface area contributed by atoms with E-state index in [4.69, 9.17) is 9.47 Å². The maximum atomic E-state index is 16.0. The molecule has 0 N–H and O–H groups in total. The quantitative estimate of drug-likeness (QED) is 0.179. The summed E-state index contributed by atoms with van der Waals surface area (Å²) in [5.41, 5.74) is 6.76. The second kappa shape index (κ2) is 10.9. The summed E-state index contributed by atoms with van der Waals surface area (Å²) in [4.78, 5) is 32.1. The molecule has 2 saturated heterocycles. The Kier molecular flexibility index (Phi) is 6.05. The first-order valence-corrected chi connectivity index (χ1v) is 22.5. The number of fused-ring (bicyclic) bond motifs is 30. The van der Waals surface area contributed by atoms with Crippen LogP contribution in [-0.4, -0.2) is 11.6 Å². The van der Waals surface area contributed by atoms with Gasteiger partial charge in [-0.25, -0.2) is 0 Å². The summed E-state index contributed by atoms with van der Waals surface area (Å²) < 4.78 is 15.8. The van der Waals surface area contributed by atoms with Crippen LogP contribution in [0.4, 0.5) is 0 Å². The molecule has 292 valence electrons. The molecule has 8 bridgehead atoms. The summed E-state index contributed by atoms with van der Waals surface area (Å²) in [7, 11) is 0. The Labute approximate surface area is 350 Å². The van der Waals surface area contributed by atoms with Crippen LogP contribution in [0, 0.1) is 71.0 Å². The third kappa shape index (κ3) is 3.34. The molecule has 4 heterocycles. The molecule has 4 nitrogen and oxygen atoms in total. The third-order valence-corrected chi connectivity index (χ3v) is 18.4. The summed E-state index contributed by atoms with van der Waals surface area (Å²) in [6, 6.07) is 61.1. The van der Waals surface area contributed by atoms with Crippen molar-refractivity contribution in [3.8, 4) is 0 Å². The molecule has 16 atom stereocenters. The van der Waals surface area contributed by atoms with Crippen molar-refractivity contribution in [2.24, 2.45) is 71.0 Å². The molecule has 4 heteroatoms. The maximum absolute atomic E-state index is 16.0. The van der Waals surface area contributed by atoms with Crippen LogP contribution in [0.2, 0.25) is 0 Å². The molecular formula is C56H44O4. The van der Waals surface area contributed by atoms with Crippen LogP contribution in [0.1, 0.15) is 57.3 Å². The molecule has 5 aliphatic carbocycles. The minimum Gasteiger partial charge on any atom is -0.349 e. The molecule has 9 aliphatic rings. The number of hydrogen-bond acceptors (Lipinski definition) is 4. The van der Waals surface area contributed by atoms with Crippen LogP contribution in [0.25, 0.3) is 0 Å². The first kappa shape index (κ1) is 33.3. The van der Waals surface area contributed by atoms with Crippen molar-refractivity contribution in [1.29, 1.82) is 0 Å². The van der Waals surface area contributed by atoms with E-state index in [0.29, 0.717) is 11.6 Å². The lowest BCUT2D eigenvalue weighted by atomic mass is 9.46. The Morgan fingerprint density at radius 1 is 0.317 bits per heavy atom. The number of ether oxygens (including phenoxy) is 2. The first-order valence-electron chi connectivity index (χ1n) is 22.5. The molecule has 0 aromatic heterocycles. The highest BCUT2D eigenvalue weighted by atomic mass is 16.5. The Bertz CT molecular complexity index is 2440. The monoisotopic (exact) mass is 780 g/mol. The lowest BCUT2D eigenvalue weighted by molar-refractivity contribution is -0.158. The fourth-order valence-corrected chi connectivity index (χ4v) is 17.4. The minimum absolute atomic E-state index is 0.0622. The molecule has 6 aromatic carbocycles. The molecule has 7 fully saturated rings. The standard InChI is InChI=1S/C56H44O4/c57-51-43-35-29-36(48-47(35)53(31-17-5-1-6-18-31)39-25-13-14-26-40(39)54(48,59-53)32-19-7-2-8-20-32)44(43)52(58)46-38-30-37(45(46)51)49-50(38)56(34-23-11-4-12-24-34)42-28-16-15-27-41(42)55(49,60-56)33-21-9-3-10-22-33/h1-28,35-38,43-50H,29-30H2/t35-,36+,37+,38-,43-,44+,45+,46-,47-,48+,49+,50-,53+,54-,55-,56+. The van der Waals surface area contributed by atoms with Crippen LogP contribution in [0.5, 0.6) is 0 Å². The second-order valence-corrected chi connectivity index (χ2v) is 19.8. The van der Waals surface area contributed by atoms with E-state index >= 15 is 9.59 Å². The van der Waals surface area contributed by atoms with Gasteiger partial charge in [0.1, 0.15) is 34.0 Å². The van der Waals surface area contributed by atoms with Crippen LogP contribution < -0.4 is 0 Å². The lowest BCUT2D eigenvalue weighted by Gasteiger charge is -2.54. The van der Waals surface area contributed by atoms with Gasteiger partial charge in [0.05, 0.1) is 0 Å². The van der Waals surface area contributed by atoms with Gasteiger partial charge in [0, 0.05) is 47.3 Å². The molecule has 5 saturated carbocycles. The number of carbonyl (C=O) groups excluding carboxylic acids is 2. The fourth-order valence-electron chi connectivity index (χ4n) is 17.4. The summed E-state index contributed by atoms with van der Waals surface area (Å²) in [6.45, 7) is 0. The van der Waals surface area contributed by atoms with Gasteiger partial charge in [-0.15, -0.1) is 0 Å². The van der Waals surface area contributed by atoms with Gasteiger partial charge in [0.15, 0.2) is 0 Å². The van der Waals surface area contributed by atoms with E-state index < -0.39 is 22.4 Å². The smallest absolute Gasteiger partial charge is 0.141 e. The zero-order chi connectivity index (χ0) is 39.3. The predicted molar refractivity (Wildman–Crippen MR) is 225 cm³/mol. The molecule has 60 heavy (non-hydrogen) atoms. The van der Waals surface area contributed by atoms with Gasteiger partial charge in [-0.05, 0) is 81.0 Å². The fraction of sp³-hybridized carbons (Fsp3) is 0.321. The number of ketones is 2. The number of rotatable bonds is 4. The highest BCUT2D eigenvalue weighted by molar-refractivity contribution is 6.02. The predicted octanol–water partition coefficient (Wildman–Crippen LogP) is 9.83. The number of Topliss-reactive ketones (excluding diaryl/α,β-unsaturated/α-hetero) is 2. The van der Waals surface area contributed by atoms with E-state index in [0.717, 1.165) is 35.1 Å². The second-order valence-electron chi connectivity index (χ2n) is 19.8. The van der Waals surface area contributed by atoms with Gasteiger partial charge in [-0.1, -0.05) is 170 Å². The van der Waals surface area contributed by atoms with Crippen LogP contribution >= 0.6 is 0 Å². The molecule has 6 aromatic rings. The van der Waals surface area contributed by atoms with Crippen molar-refractivity contribution in [3.63, 3.8) is 0 Å². The van der Waals surface area contributed by atoms with Crippen molar-refractivity contribution in [3.05, 3.63) is 214 Å². The normalized spacial score (nSPS) is 43.4. The molecule has 4 aliphatic heterocycles. The lowest BCUT2D eigenvalue weighted by Crippen LogP contribution is -2.60. The molecular weight excluding hydrogens is 737 g/mol. The average molecular weight is 781 g/mol. The minimum atomic E-state index is -0.704. The topological polar surface area (TPSA) is 52.6 Å². The summed E-state index contributed by atoms with van der Waals surface area (Å²) in [6.07, 6.45) is 1.81. The Morgan fingerprint density at radius 3 is 0.767 bits per heavy atom. The zero-order valence-corrected chi connectivity index (χ0v) is 33.1. The van der Waals surface area contributed by atoms with Crippen LogP contribution in [0.3, 0.4) is 0 Å². The molecule has 0 spiro atoms. The first-order chi connectivity index (χ1) is 29.6. The highest BCUT2D eigenvalue weighted by Gasteiger charge is 2.85. The third-order valence-electron chi connectivity index (χ3n) is 18.4. The Morgan fingerprint density at radius 2 is 0.533 bits per heavy atom. The van der Waals surface area contributed by atoms with E-state index in [2.05, 4.69) is 170 Å². The largest absolute Gasteiger partial charge is 0.349 e. The Balaban J connectivity index is 0.920. The van der Waals surface area contributed by atoms with E-state index in [1.54, 1.807) is 0 Å². The van der Waals surface area contributed by atoms with Crippen molar-refractivity contribution < 1.29 is 19.1 Å². The summed E-state index contributed by atoms with van der Waals surface area (Å²) >= 11 is 0. The molecule has 0 unspecified atom stereocenters. The van der Waals surface area contributed by atoms with Gasteiger partial charge in [-0.2, -0.15) is 0 Å². The van der Waals surface area contributed by atoms with Gasteiger partial charge in [0.25, 0.3) is 0 Å². The molecule has 15 rings (SSSR count). The van der Waals surface area contributed by atoms with Gasteiger partial charge in [-0.3, -0.25) is 9.59 Å². The van der Waals surface area contributed by atoms with Gasteiger partial charge in [0.2, 0.25) is 0 Å². The van der Waals surface area contributed by atoms with E-state index in [9.17, 15) is 0 Å². The van der Waals surface area contributed by atoms with Gasteiger partial charge < -0.3 is 9.47 Å². The van der Waals surface area contributed by atoms with E-state index in [1.165, 1.54) is 22.3 Å². The molecule has 0 amide bonds. The van der Waals surface area contributed by atoms with Crippen molar-refractivity contribution in [1.82, 2.24) is 0 Å². The van der Waals surface area contributed by atoms with Crippen molar-refractivity contribution in [2.75, 3.05) is 0 Å². The van der Waals surface area contributed by atoms with Crippen LogP contribution in [-0.2, 0) is 41.5 Å². The number of hydrogen-bond donors (Lipinski definition) is 0. The number of benzene rings is 6. The van der Waals surface area contributed by atoms with Crippen molar-refractivity contribution >= 4 is 11.6 Å². The van der Waals surface area contributed by atoms with Gasteiger partial charge >= 0.3 is 0 Å². The maximum Gasteiger partial charge on any atom is 0.141 e. The summed E-state index contributed by atoms with van der Waals surface area (Å²) in [5, 5.41) is 0. The average Bonchev–Trinajstić information content (AvgIpc) is 4.20. The highest BCUT2D eigenvalue weighted by Crippen LogP contribution is 2.83.